The first-order valence-electron chi connectivity index (χ1n) is 7.14. The molecule has 0 spiro atoms. The number of furan rings is 1. The number of hydrogen-bond acceptors (Lipinski definition) is 3. The van der Waals surface area contributed by atoms with E-state index in [0.717, 1.165) is 11.3 Å². The third kappa shape index (κ3) is 3.05. The topological polar surface area (TPSA) is 54.6 Å². The highest BCUT2D eigenvalue weighted by molar-refractivity contribution is 5.96. The molecule has 1 amide bonds. The molecule has 2 aromatic rings. The lowest BCUT2D eigenvalue weighted by Gasteiger charge is -2.02. The van der Waals surface area contributed by atoms with Crippen molar-refractivity contribution >= 4 is 12.1 Å². The van der Waals surface area contributed by atoms with Crippen LogP contribution in [0.15, 0.2) is 45.9 Å². The molecule has 0 radical (unpaired) electrons. The Balaban J connectivity index is 1.61. The summed E-state index contributed by atoms with van der Waals surface area (Å²) >= 11 is 0. The summed E-state index contributed by atoms with van der Waals surface area (Å²) in [7, 11) is 0. The van der Waals surface area contributed by atoms with Crippen LogP contribution in [-0.2, 0) is 0 Å². The van der Waals surface area contributed by atoms with E-state index >= 15 is 0 Å². The summed E-state index contributed by atoms with van der Waals surface area (Å²) in [4.78, 5) is 12.0. The zero-order chi connectivity index (χ0) is 14.8. The van der Waals surface area contributed by atoms with Gasteiger partial charge in [0.1, 0.15) is 11.5 Å². The number of benzene rings is 1. The quantitative estimate of drug-likeness (QED) is 0.689. The monoisotopic (exact) mass is 282 g/mol. The van der Waals surface area contributed by atoms with Gasteiger partial charge in [0.05, 0.1) is 6.21 Å². The van der Waals surface area contributed by atoms with E-state index in [0.29, 0.717) is 23.2 Å². The van der Waals surface area contributed by atoms with Crippen molar-refractivity contribution in [3.8, 4) is 0 Å². The molecule has 4 nitrogen and oxygen atoms in total. The molecule has 0 aliphatic heterocycles. The number of hydrogen-bond donors (Lipinski definition) is 1. The molecule has 0 bridgehead atoms. The van der Waals surface area contributed by atoms with E-state index in [4.69, 9.17) is 4.42 Å². The van der Waals surface area contributed by atoms with Gasteiger partial charge in [-0.2, -0.15) is 5.10 Å². The van der Waals surface area contributed by atoms with E-state index in [1.54, 1.807) is 6.07 Å². The van der Waals surface area contributed by atoms with Crippen LogP contribution in [0.25, 0.3) is 0 Å². The Kier molecular flexibility index (Phi) is 3.60. The SMILES string of the molecule is Cc1ccccc1C(=O)N/N=C\c1ccc([C@@H]2C[C@@H]2C)o1. The Morgan fingerprint density at radius 1 is 1.33 bits per heavy atom. The van der Waals surface area contributed by atoms with Crippen molar-refractivity contribution in [2.45, 2.75) is 26.2 Å². The van der Waals surface area contributed by atoms with Gasteiger partial charge >= 0.3 is 0 Å². The fraction of sp³-hybridized carbons (Fsp3) is 0.294. The van der Waals surface area contributed by atoms with Crippen LogP contribution in [0, 0.1) is 12.8 Å². The van der Waals surface area contributed by atoms with E-state index < -0.39 is 0 Å². The molecule has 0 unspecified atom stereocenters. The maximum Gasteiger partial charge on any atom is 0.271 e. The second kappa shape index (κ2) is 5.56. The van der Waals surface area contributed by atoms with Crippen molar-refractivity contribution < 1.29 is 9.21 Å². The van der Waals surface area contributed by atoms with Crippen molar-refractivity contribution in [3.05, 3.63) is 59.0 Å². The lowest BCUT2D eigenvalue weighted by molar-refractivity contribution is 0.0954. The van der Waals surface area contributed by atoms with Crippen LogP contribution < -0.4 is 5.43 Å². The number of hydrazone groups is 1. The van der Waals surface area contributed by atoms with Gasteiger partial charge in [0.2, 0.25) is 0 Å². The third-order valence-corrected chi connectivity index (χ3v) is 3.87. The highest BCUT2D eigenvalue weighted by Gasteiger charge is 2.36. The van der Waals surface area contributed by atoms with E-state index in [1.165, 1.54) is 12.6 Å². The predicted molar refractivity (Wildman–Crippen MR) is 81.5 cm³/mol. The molecular weight excluding hydrogens is 264 g/mol. The lowest BCUT2D eigenvalue weighted by atomic mass is 10.1. The van der Waals surface area contributed by atoms with Crippen molar-refractivity contribution in [2.75, 3.05) is 0 Å². The van der Waals surface area contributed by atoms with Crippen LogP contribution in [0.5, 0.6) is 0 Å². The van der Waals surface area contributed by atoms with E-state index in [1.807, 2.05) is 37.3 Å². The number of nitrogens with zero attached hydrogens (tertiary/aromatic N) is 1. The number of carbonyl (C=O) groups excluding carboxylic acids is 1. The Morgan fingerprint density at radius 3 is 2.81 bits per heavy atom. The van der Waals surface area contributed by atoms with Gasteiger partial charge in [-0.05, 0) is 43.0 Å². The van der Waals surface area contributed by atoms with Gasteiger partial charge < -0.3 is 4.42 Å². The minimum absolute atomic E-state index is 0.216. The zero-order valence-electron chi connectivity index (χ0n) is 12.2. The normalized spacial score (nSPS) is 20.7. The number of amides is 1. The summed E-state index contributed by atoms with van der Waals surface area (Å²) in [5, 5.41) is 3.95. The molecule has 0 saturated heterocycles. The van der Waals surface area contributed by atoms with Crippen molar-refractivity contribution in [1.29, 1.82) is 0 Å². The molecule has 1 fully saturated rings. The van der Waals surface area contributed by atoms with Gasteiger partial charge in [0.15, 0.2) is 0 Å². The van der Waals surface area contributed by atoms with Crippen LogP contribution in [0.2, 0.25) is 0 Å². The van der Waals surface area contributed by atoms with E-state index in [-0.39, 0.29) is 5.91 Å². The Bertz CT molecular complexity index is 688. The number of nitrogens with one attached hydrogen (secondary N) is 1. The van der Waals surface area contributed by atoms with Crippen molar-refractivity contribution in [3.63, 3.8) is 0 Å². The first-order valence-corrected chi connectivity index (χ1v) is 7.14. The van der Waals surface area contributed by atoms with Gasteiger partial charge in [-0.25, -0.2) is 5.43 Å². The molecule has 1 heterocycles. The standard InChI is InChI=1S/C17H18N2O2/c1-11-5-3-4-6-14(11)17(20)19-18-10-13-7-8-16(21-13)15-9-12(15)2/h3-8,10,12,15H,9H2,1-2H3,(H,19,20)/b18-10-/t12-,15+/m0/s1. The fourth-order valence-electron chi connectivity index (χ4n) is 2.40. The van der Waals surface area contributed by atoms with E-state index in [9.17, 15) is 4.79 Å². The molecule has 108 valence electrons. The first kappa shape index (κ1) is 13.6. The summed E-state index contributed by atoms with van der Waals surface area (Å²) in [5.74, 6) is 2.71. The van der Waals surface area contributed by atoms with Gasteiger partial charge in [0.25, 0.3) is 5.91 Å². The van der Waals surface area contributed by atoms with Crippen LogP contribution >= 0.6 is 0 Å². The molecule has 2 atom stereocenters. The summed E-state index contributed by atoms with van der Waals surface area (Å²) in [6, 6.07) is 11.3. The highest BCUT2D eigenvalue weighted by Crippen LogP contribution is 2.47. The minimum atomic E-state index is -0.216. The summed E-state index contributed by atoms with van der Waals surface area (Å²) in [6.45, 7) is 4.11. The largest absolute Gasteiger partial charge is 0.460 e. The van der Waals surface area contributed by atoms with Crippen molar-refractivity contribution in [2.24, 2.45) is 11.0 Å². The zero-order valence-corrected chi connectivity index (χ0v) is 12.2. The maximum absolute atomic E-state index is 12.0. The number of rotatable bonds is 4. The smallest absolute Gasteiger partial charge is 0.271 e. The summed E-state index contributed by atoms with van der Waals surface area (Å²) < 4.78 is 5.69. The number of carbonyl (C=O) groups is 1. The average Bonchev–Trinajstić information content (AvgIpc) is 3.01. The van der Waals surface area contributed by atoms with E-state index in [2.05, 4.69) is 17.5 Å². The molecule has 4 heteroatoms. The molecule has 1 aromatic heterocycles. The van der Waals surface area contributed by atoms with Crippen LogP contribution in [0.4, 0.5) is 0 Å². The Hall–Kier alpha value is -2.36. The van der Waals surface area contributed by atoms with Crippen molar-refractivity contribution in [1.82, 2.24) is 5.43 Å². The first-order chi connectivity index (χ1) is 10.1. The number of aryl methyl sites for hydroxylation is 1. The molecule has 1 aliphatic rings. The molecule has 1 aliphatic carbocycles. The second-order valence-corrected chi connectivity index (χ2v) is 5.57. The van der Waals surface area contributed by atoms with Gasteiger partial charge in [-0.3, -0.25) is 4.79 Å². The molecule has 21 heavy (non-hydrogen) atoms. The summed E-state index contributed by atoms with van der Waals surface area (Å²) in [6.07, 6.45) is 2.72. The molecular formula is C17H18N2O2. The molecule has 1 saturated carbocycles. The average molecular weight is 282 g/mol. The summed E-state index contributed by atoms with van der Waals surface area (Å²) in [5.41, 5.74) is 4.07. The molecule has 1 aromatic carbocycles. The van der Waals surface area contributed by atoms with Crippen LogP contribution in [0.1, 0.15) is 46.7 Å². The highest BCUT2D eigenvalue weighted by atomic mass is 16.3. The van der Waals surface area contributed by atoms with Gasteiger partial charge in [-0.15, -0.1) is 0 Å². The molecule has 3 rings (SSSR count). The second-order valence-electron chi connectivity index (χ2n) is 5.57. The third-order valence-electron chi connectivity index (χ3n) is 3.87. The lowest BCUT2D eigenvalue weighted by Crippen LogP contribution is -2.18. The van der Waals surface area contributed by atoms with Gasteiger partial charge in [-0.1, -0.05) is 25.1 Å². The maximum atomic E-state index is 12.0. The Labute approximate surface area is 123 Å². The predicted octanol–water partition coefficient (Wildman–Crippen LogP) is 3.48. The molecule has 1 N–H and O–H groups in total. The van der Waals surface area contributed by atoms with Crippen LogP contribution in [-0.4, -0.2) is 12.1 Å². The Morgan fingerprint density at radius 2 is 2.10 bits per heavy atom. The van der Waals surface area contributed by atoms with Gasteiger partial charge in [0, 0.05) is 11.5 Å². The minimum Gasteiger partial charge on any atom is -0.460 e. The van der Waals surface area contributed by atoms with Crippen LogP contribution in [0.3, 0.4) is 0 Å². The fourth-order valence-corrected chi connectivity index (χ4v) is 2.40.